The van der Waals surface area contributed by atoms with Gasteiger partial charge in [-0.15, -0.1) is 0 Å². The maximum atomic E-state index is 13.0. The zero-order valence-electron chi connectivity index (χ0n) is 67.0. The fourth-order valence-electron chi connectivity index (χ4n) is 10.9. The highest BCUT2D eigenvalue weighted by atomic mass is 31.2. The molecule has 0 aromatic carbocycles. The molecule has 0 saturated heterocycles. The predicted molar refractivity (Wildman–Crippen MR) is 445 cm³/mol. The van der Waals surface area contributed by atoms with E-state index < -0.39 is 91.5 Å². The predicted octanol–water partition coefficient (Wildman–Crippen LogP) is 25.0. The van der Waals surface area contributed by atoms with Gasteiger partial charge in [-0.05, 0) is 141 Å². The van der Waals surface area contributed by atoms with Gasteiger partial charge in [0.25, 0.3) is 0 Å². The Balaban J connectivity index is 4.47. The Bertz CT molecular complexity index is 2580. The van der Waals surface area contributed by atoms with Gasteiger partial charge in [-0.1, -0.05) is 326 Å². The molecule has 5 unspecified atom stereocenters. The molecule has 5 atom stereocenters. The number of rotatable bonds is 78. The van der Waals surface area contributed by atoms with Gasteiger partial charge in [0.05, 0.1) is 26.4 Å². The van der Waals surface area contributed by atoms with Gasteiger partial charge in [0.1, 0.15) is 25.4 Å². The summed E-state index contributed by atoms with van der Waals surface area (Å²) in [6.07, 6.45) is 102. The largest absolute Gasteiger partial charge is 0.472 e. The van der Waals surface area contributed by atoms with E-state index in [0.29, 0.717) is 25.7 Å². The molecular formula is C89H150O16P2. The Morgan fingerprint density at radius 3 is 0.813 bits per heavy atom. The lowest BCUT2D eigenvalue weighted by molar-refractivity contribution is -0.161. The number of aliphatic hydroxyl groups is 2. The molecule has 0 aromatic heterocycles. The monoisotopic (exact) mass is 1540 g/mol. The molecule has 0 heterocycles. The minimum atomic E-state index is -4.95. The van der Waals surface area contributed by atoms with Crippen LogP contribution < -0.4 is 0 Å². The zero-order valence-corrected chi connectivity index (χ0v) is 68.8. The number of ether oxygens (including phenoxy) is 3. The van der Waals surface area contributed by atoms with E-state index in [4.69, 9.17) is 32.3 Å². The SMILES string of the molecule is CC/C=C\C/C=C\C/C=C\C/C=C\C/C=C\CCCCCCCCCCCCCCCCCCCCCC(=O)OCC(O)COP(=O)(O)OCC(O)COP(=O)(O)OCC(COC(=O)CCCCCCCC/C=C\C/C=C\C/C=C\CCCCC)OC(=O)CCC/C=C\C/C=C\C/C=C\C/C=C\C/C=C\CC. The summed E-state index contributed by atoms with van der Waals surface area (Å²) in [5.74, 6) is -1.66. The second-order valence-corrected chi connectivity index (χ2v) is 30.4. The molecule has 107 heavy (non-hydrogen) atoms. The minimum absolute atomic E-state index is 0.0195. The quantitative estimate of drug-likeness (QED) is 0.0146. The van der Waals surface area contributed by atoms with Gasteiger partial charge in [-0.3, -0.25) is 32.5 Å². The number of esters is 3. The van der Waals surface area contributed by atoms with E-state index in [1.807, 2.05) is 12.2 Å². The fourth-order valence-corrected chi connectivity index (χ4v) is 12.5. The van der Waals surface area contributed by atoms with Crippen LogP contribution in [0.15, 0.2) is 158 Å². The molecular weight excluding hydrogens is 1390 g/mol. The molecule has 0 saturated carbocycles. The number of aliphatic hydroxyl groups excluding tert-OH is 2. The molecule has 0 aliphatic rings. The minimum Gasteiger partial charge on any atom is -0.463 e. The van der Waals surface area contributed by atoms with Crippen molar-refractivity contribution in [1.82, 2.24) is 0 Å². The Labute approximate surface area is 650 Å². The zero-order chi connectivity index (χ0) is 78.0. The van der Waals surface area contributed by atoms with Gasteiger partial charge in [-0.25, -0.2) is 9.13 Å². The van der Waals surface area contributed by atoms with Crippen LogP contribution in [-0.4, -0.2) is 95.9 Å². The first-order chi connectivity index (χ1) is 52.2. The Morgan fingerprint density at radius 2 is 0.505 bits per heavy atom. The van der Waals surface area contributed by atoms with Crippen LogP contribution in [0.1, 0.15) is 329 Å². The van der Waals surface area contributed by atoms with Gasteiger partial charge >= 0.3 is 33.6 Å². The molecule has 0 amide bonds. The topological polar surface area (TPSA) is 231 Å². The van der Waals surface area contributed by atoms with Crippen LogP contribution in [0.2, 0.25) is 0 Å². The van der Waals surface area contributed by atoms with Crippen molar-refractivity contribution in [3.63, 3.8) is 0 Å². The lowest BCUT2D eigenvalue weighted by Gasteiger charge is -2.21. The summed E-state index contributed by atoms with van der Waals surface area (Å²) in [5.41, 5.74) is 0. The van der Waals surface area contributed by atoms with Crippen molar-refractivity contribution in [3.05, 3.63) is 158 Å². The lowest BCUT2D eigenvalue weighted by Crippen LogP contribution is -2.30. The van der Waals surface area contributed by atoms with Crippen LogP contribution in [-0.2, 0) is 55.8 Å². The number of phosphoric acid groups is 2. The molecule has 4 N–H and O–H groups in total. The van der Waals surface area contributed by atoms with Crippen molar-refractivity contribution < 1.29 is 75.8 Å². The third-order valence-electron chi connectivity index (χ3n) is 17.2. The van der Waals surface area contributed by atoms with Crippen molar-refractivity contribution >= 4 is 33.6 Å². The number of allylic oxidation sites excluding steroid dienone is 26. The smallest absolute Gasteiger partial charge is 0.463 e. The summed E-state index contributed by atoms with van der Waals surface area (Å²) >= 11 is 0. The molecule has 0 aliphatic carbocycles. The average molecular weight is 1540 g/mol. The second-order valence-electron chi connectivity index (χ2n) is 27.5. The normalized spacial score (nSPS) is 14.7. The van der Waals surface area contributed by atoms with Gasteiger partial charge < -0.3 is 34.2 Å². The molecule has 0 fully saturated rings. The average Bonchev–Trinajstić information content (AvgIpc) is 0.907. The van der Waals surface area contributed by atoms with Crippen molar-refractivity contribution in [1.29, 1.82) is 0 Å². The molecule has 0 bridgehead atoms. The van der Waals surface area contributed by atoms with Gasteiger partial charge in [-0.2, -0.15) is 0 Å². The van der Waals surface area contributed by atoms with Gasteiger partial charge in [0.15, 0.2) is 6.10 Å². The van der Waals surface area contributed by atoms with Crippen molar-refractivity contribution in [2.75, 3.05) is 39.6 Å². The van der Waals surface area contributed by atoms with Crippen LogP contribution in [0.5, 0.6) is 0 Å². The highest BCUT2D eigenvalue weighted by molar-refractivity contribution is 7.47. The molecule has 0 rings (SSSR count). The van der Waals surface area contributed by atoms with Crippen molar-refractivity contribution in [3.8, 4) is 0 Å². The van der Waals surface area contributed by atoms with E-state index in [0.717, 1.165) is 141 Å². The number of carbonyl (C=O) groups excluding carboxylic acids is 3. The molecule has 0 aliphatic heterocycles. The highest BCUT2D eigenvalue weighted by Crippen LogP contribution is 2.45. The molecule has 16 nitrogen and oxygen atoms in total. The first-order valence-electron chi connectivity index (χ1n) is 41.8. The standard InChI is InChI=1S/C89H150O16P2/c1-4-7-10-13-16-19-22-25-28-31-33-34-35-36-37-38-39-40-41-42-43-44-45-46-47-48-50-53-54-57-60-63-66-69-72-75-87(92)99-78-84(90)79-101-106(95,96)102-80-85(91)81-103-107(97,98)104-83-86(105-89(94)77-74-71-68-65-62-59-56-51-30-27-24-21-18-15-12-9-6-3)82-100-88(93)76-73-70-67-64-61-58-55-52-49-32-29-26-23-20-17-14-11-8-5-2/h7,9-10,12,16-21,25-30,33-34,36-37,49,52,56,59,65,68,84-86,90-91H,4-6,8,11,13-15,22-24,31-32,35,38-48,50-51,53-55,57-58,60-64,66-67,69-83H2,1-3H3,(H,95,96)(H,97,98)/b10-7-,12-9-,19-16-,20-17-,21-18-,28-25-,29-26-,30-27-,34-33-,37-36-,52-49-,59-56-,68-65-. The van der Waals surface area contributed by atoms with E-state index >= 15 is 0 Å². The third-order valence-corrected chi connectivity index (χ3v) is 19.1. The summed E-state index contributed by atoms with van der Waals surface area (Å²) < 4.78 is 61.1. The number of phosphoric ester groups is 2. The summed E-state index contributed by atoms with van der Waals surface area (Å²) in [6, 6.07) is 0. The maximum Gasteiger partial charge on any atom is 0.472 e. The Kier molecular flexibility index (Phi) is 77.0. The van der Waals surface area contributed by atoms with Crippen LogP contribution >= 0.6 is 15.6 Å². The van der Waals surface area contributed by atoms with Gasteiger partial charge in [0, 0.05) is 19.3 Å². The highest BCUT2D eigenvalue weighted by Gasteiger charge is 2.29. The summed E-state index contributed by atoms with van der Waals surface area (Å²) in [7, 11) is -9.82. The first kappa shape index (κ1) is 102. The van der Waals surface area contributed by atoms with Crippen molar-refractivity contribution in [2.24, 2.45) is 0 Å². The van der Waals surface area contributed by atoms with Crippen molar-refractivity contribution in [2.45, 2.75) is 347 Å². The van der Waals surface area contributed by atoms with Gasteiger partial charge in [0.2, 0.25) is 0 Å². The number of unbranched alkanes of at least 4 members (excludes halogenated alkanes) is 29. The van der Waals surface area contributed by atoms with E-state index in [9.17, 15) is 43.5 Å². The van der Waals surface area contributed by atoms with E-state index in [1.165, 1.54) is 122 Å². The first-order valence-corrected chi connectivity index (χ1v) is 44.8. The molecule has 0 spiro atoms. The van der Waals surface area contributed by atoms with Crippen LogP contribution in [0.4, 0.5) is 0 Å². The third kappa shape index (κ3) is 82.0. The summed E-state index contributed by atoms with van der Waals surface area (Å²) in [5, 5.41) is 20.7. The van der Waals surface area contributed by atoms with Crippen LogP contribution in [0, 0.1) is 0 Å². The second kappa shape index (κ2) is 80.7. The summed E-state index contributed by atoms with van der Waals surface area (Å²) in [4.78, 5) is 58.7. The van der Waals surface area contributed by atoms with Crippen LogP contribution in [0.3, 0.4) is 0 Å². The lowest BCUT2D eigenvalue weighted by atomic mass is 10.0. The number of hydrogen-bond acceptors (Lipinski definition) is 14. The Morgan fingerprint density at radius 1 is 0.271 bits per heavy atom. The number of carbonyl (C=O) groups is 3. The van der Waals surface area contributed by atoms with E-state index in [-0.39, 0.29) is 19.3 Å². The number of hydrogen-bond donors (Lipinski definition) is 4. The fraction of sp³-hybridized carbons (Fsp3) is 0.674. The molecule has 0 aromatic rings. The molecule has 18 heteroatoms. The van der Waals surface area contributed by atoms with Crippen LogP contribution in [0.25, 0.3) is 0 Å². The molecule has 612 valence electrons. The summed E-state index contributed by atoms with van der Waals surface area (Å²) in [6.45, 7) is 2.35. The Hall–Kier alpha value is -4.83. The molecule has 0 radical (unpaired) electrons. The van der Waals surface area contributed by atoms with E-state index in [2.05, 4.69) is 167 Å². The van der Waals surface area contributed by atoms with E-state index in [1.54, 1.807) is 0 Å². The maximum absolute atomic E-state index is 13.0.